The second-order valence-electron chi connectivity index (χ2n) is 15.4. The maximum absolute atomic E-state index is 12.6. The van der Waals surface area contributed by atoms with Gasteiger partial charge >= 0.3 is 12.1 Å². The van der Waals surface area contributed by atoms with Crippen LogP contribution in [-0.4, -0.2) is 109 Å². The zero-order valence-electron chi connectivity index (χ0n) is 33.6. The highest BCUT2D eigenvalue weighted by molar-refractivity contribution is 6.05. The van der Waals surface area contributed by atoms with Gasteiger partial charge in [0.15, 0.2) is 23.5 Å². The van der Waals surface area contributed by atoms with Crippen molar-refractivity contribution in [2.24, 2.45) is 5.41 Å². The molecule has 0 bridgehead atoms. The lowest BCUT2D eigenvalue weighted by molar-refractivity contribution is -0.220. The van der Waals surface area contributed by atoms with Crippen molar-refractivity contribution in [3.05, 3.63) is 42.6 Å². The lowest BCUT2D eigenvalue weighted by Gasteiger charge is -2.29. The topological polar surface area (TPSA) is 197 Å². The largest absolute Gasteiger partial charge is 0.460 e. The number of nitrogens with one attached hydrogen (secondary N) is 2. The number of aliphatic hydroxyl groups excluding tert-OH is 1. The van der Waals surface area contributed by atoms with Crippen LogP contribution in [0.3, 0.4) is 0 Å². The zero-order chi connectivity index (χ0) is 40.8. The third-order valence-electron chi connectivity index (χ3n) is 8.86. The molecule has 2 amide bonds. The molecule has 4 heterocycles. The van der Waals surface area contributed by atoms with E-state index in [1.165, 1.54) is 0 Å². The Bertz CT molecular complexity index is 1920. The van der Waals surface area contributed by atoms with Gasteiger partial charge in [0.2, 0.25) is 11.6 Å². The molecule has 0 aliphatic carbocycles. The number of benzene rings is 1. The van der Waals surface area contributed by atoms with Gasteiger partial charge in [-0.25, -0.2) is 19.7 Å². The van der Waals surface area contributed by atoms with Crippen LogP contribution in [0, 0.1) is 5.41 Å². The number of rotatable bonds is 20. The maximum Gasteiger partial charge on any atom is 0.412 e. The summed E-state index contributed by atoms with van der Waals surface area (Å²) in [5.74, 6) is 0.813. The lowest BCUT2D eigenvalue weighted by atomic mass is 9.89. The molecule has 16 nitrogen and oxygen atoms in total. The van der Waals surface area contributed by atoms with E-state index in [9.17, 15) is 19.5 Å². The van der Waals surface area contributed by atoms with Gasteiger partial charge < -0.3 is 48.7 Å². The minimum Gasteiger partial charge on any atom is -0.460 e. The number of unbranched alkanes of at least 4 members (excludes halogenated alkanes) is 1. The van der Waals surface area contributed by atoms with E-state index in [2.05, 4.69) is 41.3 Å². The van der Waals surface area contributed by atoms with E-state index in [-0.39, 0.29) is 43.5 Å². The van der Waals surface area contributed by atoms with Crippen molar-refractivity contribution in [3.63, 3.8) is 0 Å². The van der Waals surface area contributed by atoms with Crippen LogP contribution < -0.4 is 20.3 Å². The van der Waals surface area contributed by atoms with Crippen LogP contribution in [0.1, 0.15) is 73.1 Å². The van der Waals surface area contributed by atoms with Crippen LogP contribution in [0.2, 0.25) is 0 Å². The molecule has 1 fully saturated rings. The van der Waals surface area contributed by atoms with Gasteiger partial charge in [0, 0.05) is 50.8 Å². The smallest absolute Gasteiger partial charge is 0.412 e. The van der Waals surface area contributed by atoms with Crippen LogP contribution in [0.15, 0.2) is 47.0 Å². The van der Waals surface area contributed by atoms with Crippen LogP contribution >= 0.6 is 0 Å². The van der Waals surface area contributed by atoms with Gasteiger partial charge in [-0.3, -0.25) is 9.59 Å². The second-order valence-corrected chi connectivity index (χ2v) is 15.4. The second kappa shape index (κ2) is 21.0. The molecule has 0 spiro atoms. The molecule has 3 aromatic heterocycles. The molecule has 5 rings (SSSR count). The Labute approximate surface area is 332 Å². The van der Waals surface area contributed by atoms with E-state index in [1.54, 1.807) is 24.4 Å². The summed E-state index contributed by atoms with van der Waals surface area (Å²) < 4.78 is 34.2. The number of pyridine rings is 1. The van der Waals surface area contributed by atoms with Crippen LogP contribution in [0.4, 0.5) is 10.6 Å². The van der Waals surface area contributed by atoms with E-state index < -0.39 is 24.5 Å². The fraction of sp³-hybridized carbons (Fsp3) is 0.561. The highest BCUT2D eigenvalue weighted by atomic mass is 16.7. The van der Waals surface area contributed by atoms with Gasteiger partial charge in [-0.1, -0.05) is 32.9 Å². The normalized spacial score (nSPS) is 14.5. The Morgan fingerprint density at radius 3 is 2.47 bits per heavy atom. The summed E-state index contributed by atoms with van der Waals surface area (Å²) in [5, 5.41) is 16.1. The van der Waals surface area contributed by atoms with Crippen LogP contribution in [0.5, 0.6) is 5.75 Å². The van der Waals surface area contributed by atoms with Crippen molar-refractivity contribution in [2.75, 3.05) is 57.5 Å². The first-order valence-electron chi connectivity index (χ1n) is 19.7. The SMILES string of the molecule is CC(C)OC(COC(=O)CCCC(=O)NCCCCNC(=O)Oc1cccc(-c2nc(N3CCOCC3)c3oc4ncccc4c3n2)c1)OC(CO)CC(C)(C)C. The Kier molecular flexibility index (Phi) is 15.9. The van der Waals surface area contributed by atoms with Crippen molar-refractivity contribution in [2.45, 2.75) is 91.6 Å². The Morgan fingerprint density at radius 2 is 1.74 bits per heavy atom. The number of anilines is 1. The van der Waals surface area contributed by atoms with Gasteiger partial charge in [0.05, 0.1) is 37.4 Å². The monoisotopic (exact) mass is 792 g/mol. The minimum absolute atomic E-state index is 0.0622. The number of amides is 2. The number of fused-ring (bicyclic) bond motifs is 3. The molecule has 1 aromatic carbocycles. The first kappa shape index (κ1) is 43.2. The Balaban J connectivity index is 1.00. The van der Waals surface area contributed by atoms with Gasteiger partial charge in [-0.2, -0.15) is 0 Å². The highest BCUT2D eigenvalue weighted by Gasteiger charge is 2.25. The third kappa shape index (κ3) is 13.6. The molecular weight excluding hydrogens is 736 g/mol. The fourth-order valence-corrected chi connectivity index (χ4v) is 6.28. The maximum atomic E-state index is 12.6. The first-order chi connectivity index (χ1) is 27.4. The van der Waals surface area contributed by atoms with Gasteiger partial charge in [0.1, 0.15) is 17.9 Å². The molecule has 0 saturated carbocycles. The predicted molar refractivity (Wildman–Crippen MR) is 213 cm³/mol. The molecule has 4 aromatic rings. The quantitative estimate of drug-likeness (QED) is 0.0573. The van der Waals surface area contributed by atoms with Crippen molar-refractivity contribution in [3.8, 4) is 17.1 Å². The van der Waals surface area contributed by atoms with Crippen molar-refractivity contribution >= 4 is 46.0 Å². The van der Waals surface area contributed by atoms with Gasteiger partial charge in [-0.15, -0.1) is 0 Å². The number of morpholine rings is 1. The summed E-state index contributed by atoms with van der Waals surface area (Å²) in [6.07, 6.45) is 2.06. The first-order valence-corrected chi connectivity index (χ1v) is 19.7. The molecule has 2 unspecified atom stereocenters. The number of aromatic nitrogens is 3. The number of carbonyl (C=O) groups excluding carboxylic acids is 3. The van der Waals surface area contributed by atoms with Crippen molar-refractivity contribution in [1.82, 2.24) is 25.6 Å². The standard InChI is InChI=1S/C41H56N6O10/c1-27(2)54-34(55-30(25-48)24-41(3,4)5)26-53-33(50)15-9-14-32(49)42-16-6-7-17-44-40(51)56-29-12-8-11-28(23-29)37-45-35-31-13-10-18-43-39(31)57-36(35)38(46-37)47-19-21-52-22-20-47/h8,10-13,18,23,27,30,34,48H,6-7,9,14-17,19-22,24-26H2,1-5H3,(H,42,49)(H,44,51). The molecule has 0 radical (unpaired) electrons. The average molecular weight is 793 g/mol. The summed E-state index contributed by atoms with van der Waals surface area (Å²) in [7, 11) is 0. The van der Waals surface area contributed by atoms with Gasteiger partial charge in [0.25, 0.3) is 0 Å². The number of esters is 1. The molecule has 310 valence electrons. The summed E-state index contributed by atoms with van der Waals surface area (Å²) in [5.41, 5.74) is 2.30. The van der Waals surface area contributed by atoms with Crippen LogP contribution in [-0.2, 0) is 28.5 Å². The fourth-order valence-electron chi connectivity index (χ4n) is 6.28. The van der Waals surface area contributed by atoms with Crippen molar-refractivity contribution in [1.29, 1.82) is 0 Å². The summed E-state index contributed by atoms with van der Waals surface area (Å²) >= 11 is 0. The molecule has 16 heteroatoms. The van der Waals surface area contributed by atoms with Crippen molar-refractivity contribution < 1.29 is 47.6 Å². The minimum atomic E-state index is -0.807. The van der Waals surface area contributed by atoms with E-state index in [4.69, 9.17) is 38.1 Å². The number of carbonyl (C=O) groups is 3. The summed E-state index contributed by atoms with van der Waals surface area (Å²) in [6.45, 7) is 12.8. The Morgan fingerprint density at radius 1 is 0.965 bits per heavy atom. The molecular formula is C41H56N6O10. The third-order valence-corrected chi connectivity index (χ3v) is 8.86. The predicted octanol–water partition coefficient (Wildman–Crippen LogP) is 5.54. The molecule has 3 N–H and O–H groups in total. The number of nitrogens with zero attached hydrogens (tertiary/aromatic N) is 4. The molecule has 2 atom stereocenters. The Hall–Kier alpha value is -4.90. The number of aliphatic hydroxyl groups is 1. The summed E-state index contributed by atoms with van der Waals surface area (Å²) in [6, 6.07) is 10.8. The molecule has 1 aliphatic heterocycles. The number of hydrogen-bond acceptors (Lipinski definition) is 14. The van der Waals surface area contributed by atoms with E-state index in [0.717, 1.165) is 5.39 Å². The van der Waals surface area contributed by atoms with E-state index in [1.807, 2.05) is 32.0 Å². The average Bonchev–Trinajstić information content (AvgIpc) is 3.56. The van der Waals surface area contributed by atoms with Crippen LogP contribution in [0.25, 0.3) is 33.6 Å². The number of hydrogen-bond donors (Lipinski definition) is 3. The lowest BCUT2D eigenvalue weighted by Crippen LogP contribution is -2.37. The van der Waals surface area contributed by atoms with E-state index in [0.29, 0.717) is 105 Å². The molecule has 57 heavy (non-hydrogen) atoms. The van der Waals surface area contributed by atoms with Gasteiger partial charge in [-0.05, 0) is 69.2 Å². The number of ether oxygens (including phenoxy) is 5. The zero-order valence-corrected chi connectivity index (χ0v) is 33.6. The summed E-state index contributed by atoms with van der Waals surface area (Å²) in [4.78, 5) is 53.5. The molecule has 1 saturated heterocycles. The number of furan rings is 1. The highest BCUT2D eigenvalue weighted by Crippen LogP contribution is 2.35. The van der Waals surface area contributed by atoms with E-state index >= 15 is 0 Å². The molecule has 1 aliphatic rings.